The average Bonchev–Trinajstić information content (AvgIpc) is 3.48. The summed E-state index contributed by atoms with van der Waals surface area (Å²) in [7, 11) is 0. The van der Waals surface area contributed by atoms with E-state index in [0.29, 0.717) is 28.8 Å². The Labute approximate surface area is 277 Å². The molecule has 8 rings (SSSR count). The molecule has 0 aliphatic heterocycles. The van der Waals surface area contributed by atoms with Crippen LogP contribution in [0, 0.1) is 20.1 Å². The molecule has 224 valence electrons. The van der Waals surface area contributed by atoms with Crippen molar-refractivity contribution in [1.29, 1.82) is 0 Å². The van der Waals surface area contributed by atoms with Gasteiger partial charge in [-0.15, -0.1) is 0 Å². The van der Waals surface area contributed by atoms with Gasteiger partial charge in [0.2, 0.25) is 0 Å². The molecule has 0 saturated carbocycles. The Morgan fingerprint density at radius 2 is 1.02 bits per heavy atom. The van der Waals surface area contributed by atoms with Gasteiger partial charge in [0.05, 0.1) is 24.2 Å². The van der Waals surface area contributed by atoms with Crippen LogP contribution in [0.1, 0.15) is 5.56 Å². The maximum absolute atomic E-state index is 7.83. The van der Waals surface area contributed by atoms with E-state index < -0.39 is 0 Å². The molecule has 0 spiro atoms. The van der Waals surface area contributed by atoms with Crippen LogP contribution in [-0.2, 0) is 0 Å². The molecule has 0 amide bonds. The van der Waals surface area contributed by atoms with Crippen LogP contribution in [0.4, 0.5) is 11.4 Å². The Morgan fingerprint density at radius 3 is 1.67 bits per heavy atom. The van der Waals surface area contributed by atoms with Gasteiger partial charge >= 0.3 is 0 Å². The lowest BCUT2D eigenvalue weighted by Crippen LogP contribution is -2.01. The molecule has 0 atom stereocenters. The molecule has 6 nitrogen and oxygen atoms in total. The van der Waals surface area contributed by atoms with Crippen molar-refractivity contribution in [2.75, 3.05) is 0 Å². The number of aromatic nitrogens is 4. The SMILES string of the molecule is [C-]#[N+]c1ccc(-c2nc(-c3ccccc3)nc(-c3ccccc3)n2)c(-c2ccc3c(c2)c2cc([N+]#[C-])ccc2n3-c2ccccc2C)c1. The monoisotopic (exact) mass is 614 g/mol. The fraction of sp³-hybridized carbons (Fsp3) is 0.0238. The van der Waals surface area contributed by atoms with E-state index in [-0.39, 0.29) is 0 Å². The number of rotatable bonds is 5. The number of aryl methyl sites for hydroxylation is 1. The van der Waals surface area contributed by atoms with E-state index in [2.05, 4.69) is 51.5 Å². The van der Waals surface area contributed by atoms with Crippen molar-refractivity contribution in [3.05, 3.63) is 168 Å². The number of benzene rings is 6. The second kappa shape index (κ2) is 11.8. The predicted octanol–water partition coefficient (Wildman–Crippen LogP) is 11.0. The van der Waals surface area contributed by atoms with Gasteiger partial charge in [0.25, 0.3) is 0 Å². The number of hydrogen-bond acceptors (Lipinski definition) is 3. The summed E-state index contributed by atoms with van der Waals surface area (Å²) in [6, 6.07) is 46.0. The first-order valence-corrected chi connectivity index (χ1v) is 15.5. The summed E-state index contributed by atoms with van der Waals surface area (Å²) in [6.07, 6.45) is 0. The zero-order valence-corrected chi connectivity index (χ0v) is 26.0. The van der Waals surface area contributed by atoms with Gasteiger partial charge in [0.15, 0.2) is 28.8 Å². The lowest BCUT2D eigenvalue weighted by atomic mass is 9.96. The molecule has 48 heavy (non-hydrogen) atoms. The van der Waals surface area contributed by atoms with Gasteiger partial charge in [-0.2, -0.15) is 0 Å². The molecule has 0 radical (unpaired) electrons. The summed E-state index contributed by atoms with van der Waals surface area (Å²) < 4.78 is 2.26. The molecule has 0 fully saturated rings. The lowest BCUT2D eigenvalue weighted by molar-refractivity contribution is 1.07. The van der Waals surface area contributed by atoms with Crippen LogP contribution in [0.15, 0.2) is 140 Å². The van der Waals surface area contributed by atoms with Gasteiger partial charge < -0.3 is 4.57 Å². The smallest absolute Gasteiger partial charge is 0.188 e. The highest BCUT2D eigenvalue weighted by Gasteiger charge is 2.19. The largest absolute Gasteiger partial charge is 0.309 e. The molecule has 0 unspecified atom stereocenters. The van der Waals surface area contributed by atoms with E-state index in [1.807, 2.05) is 109 Å². The van der Waals surface area contributed by atoms with Crippen LogP contribution in [0.3, 0.4) is 0 Å². The van der Waals surface area contributed by atoms with Gasteiger partial charge in [-0.05, 0) is 65.4 Å². The maximum atomic E-state index is 7.83. The highest BCUT2D eigenvalue weighted by molar-refractivity contribution is 6.12. The third-order valence-corrected chi connectivity index (χ3v) is 8.62. The number of para-hydroxylation sites is 1. The van der Waals surface area contributed by atoms with Crippen LogP contribution >= 0.6 is 0 Å². The van der Waals surface area contributed by atoms with E-state index in [4.69, 9.17) is 28.1 Å². The third kappa shape index (κ3) is 4.95. The Bertz CT molecular complexity index is 2530. The first kappa shape index (κ1) is 28.6. The van der Waals surface area contributed by atoms with E-state index in [1.165, 1.54) is 0 Å². The van der Waals surface area contributed by atoms with Crippen molar-refractivity contribution >= 4 is 33.2 Å². The van der Waals surface area contributed by atoms with Crippen LogP contribution in [0.2, 0.25) is 0 Å². The van der Waals surface area contributed by atoms with Crippen molar-refractivity contribution in [3.63, 3.8) is 0 Å². The molecule has 6 heteroatoms. The zero-order valence-electron chi connectivity index (χ0n) is 26.0. The van der Waals surface area contributed by atoms with Gasteiger partial charge in [0, 0.05) is 27.8 Å². The van der Waals surface area contributed by atoms with E-state index in [0.717, 1.165) is 60.9 Å². The number of nitrogens with zero attached hydrogens (tertiary/aromatic N) is 6. The van der Waals surface area contributed by atoms with Crippen LogP contribution in [-0.4, -0.2) is 19.5 Å². The molecule has 0 aliphatic rings. The molecule has 6 aromatic carbocycles. The summed E-state index contributed by atoms with van der Waals surface area (Å²) in [6.45, 7) is 17.6. The quantitative estimate of drug-likeness (QED) is 0.181. The summed E-state index contributed by atoms with van der Waals surface area (Å²) in [5.74, 6) is 1.66. The minimum absolute atomic E-state index is 0.520. The van der Waals surface area contributed by atoms with Crippen molar-refractivity contribution in [2.45, 2.75) is 6.92 Å². The van der Waals surface area contributed by atoms with Crippen molar-refractivity contribution < 1.29 is 0 Å². The summed E-state index contributed by atoms with van der Waals surface area (Å²) in [5, 5.41) is 2.00. The van der Waals surface area contributed by atoms with E-state index in [9.17, 15) is 0 Å². The fourth-order valence-corrected chi connectivity index (χ4v) is 6.29. The van der Waals surface area contributed by atoms with Crippen molar-refractivity contribution in [1.82, 2.24) is 19.5 Å². The van der Waals surface area contributed by atoms with E-state index in [1.54, 1.807) is 0 Å². The van der Waals surface area contributed by atoms with Crippen LogP contribution < -0.4 is 0 Å². The third-order valence-electron chi connectivity index (χ3n) is 8.62. The van der Waals surface area contributed by atoms with Gasteiger partial charge in [-0.25, -0.2) is 24.6 Å². The molecule has 8 aromatic rings. The van der Waals surface area contributed by atoms with Crippen molar-refractivity contribution in [2.24, 2.45) is 0 Å². The molecule has 0 saturated heterocycles. The van der Waals surface area contributed by atoms with E-state index >= 15 is 0 Å². The first-order chi connectivity index (χ1) is 23.6. The fourth-order valence-electron chi connectivity index (χ4n) is 6.29. The summed E-state index contributed by atoms with van der Waals surface area (Å²) in [4.78, 5) is 22.4. The summed E-state index contributed by atoms with van der Waals surface area (Å²) >= 11 is 0. The maximum Gasteiger partial charge on any atom is 0.188 e. The lowest BCUT2D eigenvalue weighted by Gasteiger charge is -2.14. The Kier molecular flexibility index (Phi) is 7.02. The van der Waals surface area contributed by atoms with Gasteiger partial charge in [-0.3, -0.25) is 0 Å². The molecular weight excluding hydrogens is 589 g/mol. The Morgan fingerprint density at radius 1 is 0.479 bits per heavy atom. The molecular formula is C42H26N6. The van der Waals surface area contributed by atoms with Gasteiger partial charge in [-0.1, -0.05) is 103 Å². The first-order valence-electron chi connectivity index (χ1n) is 15.5. The molecule has 0 bridgehead atoms. The number of hydrogen-bond donors (Lipinski definition) is 0. The van der Waals surface area contributed by atoms with Crippen LogP contribution in [0.25, 0.3) is 82.5 Å². The minimum atomic E-state index is 0.520. The minimum Gasteiger partial charge on any atom is -0.309 e. The normalized spacial score (nSPS) is 11.0. The highest BCUT2D eigenvalue weighted by atomic mass is 15.0. The number of fused-ring (bicyclic) bond motifs is 3. The second-order valence-corrected chi connectivity index (χ2v) is 11.5. The molecule has 2 heterocycles. The Balaban J connectivity index is 1.39. The molecule has 0 N–H and O–H groups in total. The van der Waals surface area contributed by atoms with Crippen LogP contribution in [0.5, 0.6) is 0 Å². The molecule has 2 aromatic heterocycles. The summed E-state index contributed by atoms with van der Waals surface area (Å²) in [5.41, 5.74) is 9.73. The molecule has 0 aliphatic carbocycles. The average molecular weight is 615 g/mol. The van der Waals surface area contributed by atoms with Gasteiger partial charge in [0.1, 0.15) is 0 Å². The Hall–Kier alpha value is -6.89. The zero-order chi connectivity index (χ0) is 32.6. The van der Waals surface area contributed by atoms with Crippen molar-refractivity contribution in [3.8, 4) is 51.0 Å². The topological polar surface area (TPSA) is 52.3 Å². The second-order valence-electron chi connectivity index (χ2n) is 11.5. The standard InChI is InChI=1S/C42H26N6/c1-27-12-10-11-17-37(27)48-38-22-18-30(24-35(38)36-26-32(44-3)20-23-39(36)48)34-25-31(43-2)19-21-33(34)42-46-40(28-13-6-4-7-14-28)45-41(47-42)29-15-8-5-9-16-29/h4-26H,1H3. The highest BCUT2D eigenvalue weighted by Crippen LogP contribution is 2.40. The predicted molar refractivity (Wildman–Crippen MR) is 193 cm³/mol.